The Morgan fingerprint density at radius 2 is 1.08 bits per heavy atom. The van der Waals surface area contributed by atoms with Gasteiger partial charge in [0.1, 0.15) is 0 Å². The fourth-order valence-corrected chi connectivity index (χ4v) is 8.50. The highest BCUT2D eigenvalue weighted by atomic mass is 19.3. The van der Waals surface area contributed by atoms with E-state index in [0.29, 0.717) is 33.0 Å². The molecule has 5 fully saturated rings. The van der Waals surface area contributed by atoms with Crippen LogP contribution in [-0.2, 0) is 29.2 Å². The van der Waals surface area contributed by atoms with Crippen LogP contribution in [0.2, 0.25) is 0 Å². The molecule has 0 spiro atoms. The number of likely N-dealkylation sites (tertiary alicyclic amines) is 1. The minimum Gasteiger partial charge on any atom is -0.395 e. The number of hydrogen-bond acceptors (Lipinski definition) is 7. The van der Waals surface area contributed by atoms with Gasteiger partial charge in [0, 0.05) is 65.8 Å². The molecular formula is C55H99F2NO7. The van der Waals surface area contributed by atoms with E-state index in [1.165, 1.54) is 44.6 Å². The Labute approximate surface area is 397 Å². The lowest BCUT2D eigenvalue weighted by atomic mass is 9.68. The molecule has 1 aromatic carbocycles. The van der Waals surface area contributed by atoms with E-state index in [2.05, 4.69) is 120 Å². The van der Waals surface area contributed by atoms with Gasteiger partial charge >= 0.3 is 6.29 Å². The highest BCUT2D eigenvalue weighted by molar-refractivity contribution is 5.81. The summed E-state index contributed by atoms with van der Waals surface area (Å²) in [5, 5.41) is 0. The smallest absolute Gasteiger partial charge is 0.395 e. The third-order valence-electron chi connectivity index (χ3n) is 14.8. The minimum absolute atomic E-state index is 0.0907. The van der Waals surface area contributed by atoms with Gasteiger partial charge < -0.3 is 33.3 Å². The SMILES string of the molecule is CC(C)(C)C1(C)CCOC1.CC(C)(C)C1CCCOC1.CC(C)(C)C1CCOC1.CC(C)(C)C1CCOCC1.CC(C)(C)c1ccc2c(c1)OC(F)(F)O2.CN1CCC(C(C)(C)C)C1=O. The van der Waals surface area contributed by atoms with Gasteiger partial charge in [0.05, 0.1) is 6.61 Å². The van der Waals surface area contributed by atoms with E-state index in [9.17, 15) is 13.6 Å². The van der Waals surface area contributed by atoms with Crippen molar-refractivity contribution in [2.45, 2.75) is 188 Å². The molecular weight excluding hydrogens is 825 g/mol. The molecule has 6 aliphatic heterocycles. The van der Waals surface area contributed by atoms with Crippen LogP contribution in [0.5, 0.6) is 11.5 Å². The molecule has 6 heterocycles. The van der Waals surface area contributed by atoms with E-state index in [0.717, 1.165) is 89.1 Å². The maximum absolute atomic E-state index is 12.7. The third kappa shape index (κ3) is 20.2. The van der Waals surface area contributed by atoms with Crippen LogP contribution in [0, 0.1) is 56.2 Å². The fraction of sp³-hybridized carbons (Fsp3) is 0.873. The number of nitrogens with zero attached hydrogens (tertiary/aromatic N) is 1. The summed E-state index contributed by atoms with van der Waals surface area (Å²) in [6, 6.07) is 4.87. The Kier molecular flexibility index (Phi) is 21.8. The average molecular weight is 924 g/mol. The highest BCUT2D eigenvalue weighted by Crippen LogP contribution is 2.45. The van der Waals surface area contributed by atoms with Crippen molar-refractivity contribution in [3.05, 3.63) is 23.8 Å². The molecule has 8 nitrogen and oxygen atoms in total. The van der Waals surface area contributed by atoms with Gasteiger partial charge in [-0.15, -0.1) is 8.78 Å². The third-order valence-corrected chi connectivity index (χ3v) is 14.8. The normalized spacial score (nSPS) is 25.9. The van der Waals surface area contributed by atoms with E-state index < -0.39 is 6.29 Å². The summed E-state index contributed by atoms with van der Waals surface area (Å²) < 4.78 is 55.5. The molecule has 0 aliphatic carbocycles. The first-order chi connectivity index (χ1) is 29.5. The summed E-state index contributed by atoms with van der Waals surface area (Å²) in [5.74, 6) is 3.20. The van der Waals surface area contributed by atoms with E-state index in [-0.39, 0.29) is 28.2 Å². The van der Waals surface area contributed by atoms with Crippen LogP contribution < -0.4 is 9.47 Å². The molecule has 6 aliphatic rings. The van der Waals surface area contributed by atoms with Crippen molar-refractivity contribution < 1.29 is 42.0 Å². The second-order valence-electron chi connectivity index (χ2n) is 26.1. The van der Waals surface area contributed by atoms with Gasteiger partial charge in [-0.1, -0.05) is 138 Å². The first kappa shape index (κ1) is 59.1. The van der Waals surface area contributed by atoms with E-state index in [4.69, 9.17) is 18.9 Å². The topological polar surface area (TPSA) is 75.7 Å². The molecule has 0 aromatic heterocycles. The van der Waals surface area contributed by atoms with Crippen LogP contribution in [0.4, 0.5) is 8.78 Å². The van der Waals surface area contributed by atoms with Crippen LogP contribution in [0.15, 0.2) is 18.2 Å². The standard InChI is InChI=1S/C11H12F2O2.C9H17NO.3C9H18O.C8H16O/c1-10(2,3)7-4-5-8-9(6-7)15-11(12,13)14-8;1-9(2,3)7-5-6-10(4)8(7)11;1-8(2,3)9(4)5-6-10-7-9;1-9(2,3)8-4-6-10-7-5-8;1-9(2,3)8-5-4-6-10-7-8;1-8(2,3)7-4-5-9-6-7/h4-6H,1-3H3;7H,5-6H2,1-4H3;5-7H2,1-4H3;2*8H,4-7H2,1-3H3;7H,4-6H2,1-3H3. The monoisotopic (exact) mass is 924 g/mol. The predicted octanol–water partition coefficient (Wildman–Crippen LogP) is 14.3. The van der Waals surface area contributed by atoms with E-state index in [1.807, 2.05) is 32.7 Å². The number of rotatable bonds is 0. The van der Waals surface area contributed by atoms with Crippen molar-refractivity contribution in [3.63, 3.8) is 0 Å². The largest absolute Gasteiger partial charge is 0.586 e. The lowest BCUT2D eigenvalue weighted by Crippen LogP contribution is -2.32. The summed E-state index contributed by atoms with van der Waals surface area (Å²) in [5.41, 5.74) is 3.16. The maximum atomic E-state index is 12.7. The summed E-state index contributed by atoms with van der Waals surface area (Å²) in [4.78, 5) is 13.3. The van der Waals surface area contributed by atoms with Gasteiger partial charge in [0.2, 0.25) is 5.91 Å². The van der Waals surface area contributed by atoms with Crippen molar-refractivity contribution in [3.8, 4) is 11.5 Å². The number of hydrogen-bond donors (Lipinski definition) is 0. The van der Waals surface area contributed by atoms with Crippen LogP contribution in [0.25, 0.3) is 0 Å². The molecule has 0 saturated carbocycles. The Balaban J connectivity index is 0.000000271. The zero-order valence-electron chi connectivity index (χ0n) is 45.4. The molecule has 7 rings (SSSR count). The van der Waals surface area contributed by atoms with Gasteiger partial charge in [-0.3, -0.25) is 4.79 Å². The average Bonchev–Trinajstić information content (AvgIpc) is 4.00. The Hall–Kier alpha value is -2.01. The number of halogens is 2. The first-order valence-electron chi connectivity index (χ1n) is 24.9. The Bertz CT molecular complexity index is 1500. The lowest BCUT2D eigenvalue weighted by Gasteiger charge is -2.37. The molecule has 0 radical (unpaired) electrons. The molecule has 0 bridgehead atoms. The summed E-state index contributed by atoms with van der Waals surface area (Å²) in [7, 11) is 1.88. The number of fused-ring (bicyclic) bond motifs is 1. The molecule has 0 N–H and O–H groups in total. The van der Waals surface area contributed by atoms with Crippen LogP contribution in [0.3, 0.4) is 0 Å². The second-order valence-corrected chi connectivity index (χ2v) is 26.1. The number of ether oxygens (including phenoxy) is 6. The maximum Gasteiger partial charge on any atom is 0.586 e. The van der Waals surface area contributed by atoms with Crippen LogP contribution in [0.1, 0.15) is 182 Å². The molecule has 4 atom stereocenters. The van der Waals surface area contributed by atoms with Crippen molar-refractivity contribution in [2.24, 2.45) is 56.2 Å². The van der Waals surface area contributed by atoms with Crippen LogP contribution in [-0.4, -0.2) is 83.5 Å². The quantitative estimate of drug-likeness (QED) is 0.257. The molecule has 1 amide bonds. The molecule has 1 aromatic rings. The molecule has 380 valence electrons. The summed E-state index contributed by atoms with van der Waals surface area (Å²) in [6.07, 6.45) is 5.08. The summed E-state index contributed by atoms with van der Waals surface area (Å²) >= 11 is 0. The Morgan fingerprint density at radius 1 is 0.585 bits per heavy atom. The van der Waals surface area contributed by atoms with Gasteiger partial charge in [-0.2, -0.15) is 0 Å². The van der Waals surface area contributed by atoms with Gasteiger partial charge in [0.25, 0.3) is 0 Å². The number of alkyl halides is 2. The molecule has 4 unspecified atom stereocenters. The zero-order chi connectivity index (χ0) is 49.9. The van der Waals surface area contributed by atoms with Gasteiger partial charge in [-0.25, -0.2) is 0 Å². The Morgan fingerprint density at radius 3 is 1.38 bits per heavy atom. The second kappa shape index (κ2) is 24.0. The van der Waals surface area contributed by atoms with E-state index >= 15 is 0 Å². The fourth-order valence-electron chi connectivity index (χ4n) is 8.50. The number of carbonyl (C=O) groups excluding carboxylic acids is 1. The van der Waals surface area contributed by atoms with Crippen LogP contribution >= 0.6 is 0 Å². The molecule has 10 heteroatoms. The van der Waals surface area contributed by atoms with E-state index in [1.54, 1.807) is 12.1 Å². The van der Waals surface area contributed by atoms with Crippen molar-refractivity contribution in [1.29, 1.82) is 0 Å². The predicted molar refractivity (Wildman–Crippen MR) is 264 cm³/mol. The zero-order valence-corrected chi connectivity index (χ0v) is 45.4. The van der Waals surface area contributed by atoms with Crippen molar-refractivity contribution in [2.75, 3.05) is 66.4 Å². The lowest BCUT2D eigenvalue weighted by molar-refractivity contribution is -0.286. The van der Waals surface area contributed by atoms with Gasteiger partial charge in [0.15, 0.2) is 11.5 Å². The number of benzene rings is 1. The number of carbonyl (C=O) groups is 1. The highest BCUT2D eigenvalue weighted by Gasteiger charge is 2.44. The number of amides is 1. The summed E-state index contributed by atoms with van der Waals surface area (Å²) in [6.45, 7) is 51.0. The van der Waals surface area contributed by atoms with Crippen molar-refractivity contribution >= 4 is 5.91 Å². The molecule has 65 heavy (non-hydrogen) atoms. The van der Waals surface area contributed by atoms with Crippen molar-refractivity contribution in [1.82, 2.24) is 4.90 Å². The van der Waals surface area contributed by atoms with Gasteiger partial charge in [-0.05, 0) is 118 Å². The minimum atomic E-state index is -3.53. The molecule has 5 saturated heterocycles. The first-order valence-corrected chi connectivity index (χ1v) is 24.9.